The van der Waals surface area contributed by atoms with E-state index in [-0.39, 0.29) is 18.4 Å². The predicted molar refractivity (Wildman–Crippen MR) is 91.8 cm³/mol. The molecule has 0 aromatic heterocycles. The van der Waals surface area contributed by atoms with Gasteiger partial charge in [-0.1, -0.05) is 11.6 Å². The Morgan fingerprint density at radius 3 is 2.74 bits per heavy atom. The van der Waals surface area contributed by atoms with Gasteiger partial charge in [-0.2, -0.15) is 0 Å². The van der Waals surface area contributed by atoms with Crippen molar-refractivity contribution in [2.75, 3.05) is 45.9 Å². The van der Waals surface area contributed by atoms with E-state index in [1.165, 1.54) is 0 Å². The molecule has 1 saturated heterocycles. The summed E-state index contributed by atoms with van der Waals surface area (Å²) in [5.41, 5.74) is 0.401. The van der Waals surface area contributed by atoms with Crippen LogP contribution in [0.15, 0.2) is 22.7 Å². The van der Waals surface area contributed by atoms with Crippen molar-refractivity contribution in [3.63, 3.8) is 0 Å². The molecule has 1 aromatic carbocycles. The standard InChI is InChI=1S/C15H19BrClN3O3/c16-13-2-1-11(17)9-12(13)15(22)19-10-14(21)18-3-4-20-5-7-23-8-6-20/h1-2,9H,3-8,10H2,(H,18,21)(H,19,22). The molecule has 2 amide bonds. The van der Waals surface area contributed by atoms with E-state index in [1.54, 1.807) is 18.2 Å². The fraction of sp³-hybridized carbons (Fsp3) is 0.467. The minimum Gasteiger partial charge on any atom is -0.379 e. The zero-order chi connectivity index (χ0) is 16.7. The lowest BCUT2D eigenvalue weighted by Gasteiger charge is -2.26. The zero-order valence-corrected chi connectivity index (χ0v) is 15.0. The zero-order valence-electron chi connectivity index (χ0n) is 12.6. The van der Waals surface area contributed by atoms with Crippen LogP contribution in [-0.2, 0) is 9.53 Å². The number of ether oxygens (including phenoxy) is 1. The molecule has 0 atom stereocenters. The molecule has 23 heavy (non-hydrogen) atoms. The van der Waals surface area contributed by atoms with Crippen molar-refractivity contribution in [3.8, 4) is 0 Å². The molecule has 1 fully saturated rings. The largest absolute Gasteiger partial charge is 0.379 e. The van der Waals surface area contributed by atoms with Crippen LogP contribution in [-0.4, -0.2) is 62.7 Å². The monoisotopic (exact) mass is 403 g/mol. The molecule has 0 bridgehead atoms. The highest BCUT2D eigenvalue weighted by atomic mass is 79.9. The summed E-state index contributed by atoms with van der Waals surface area (Å²) >= 11 is 9.16. The number of carbonyl (C=O) groups excluding carboxylic acids is 2. The number of carbonyl (C=O) groups is 2. The van der Waals surface area contributed by atoms with Gasteiger partial charge in [0.1, 0.15) is 0 Å². The van der Waals surface area contributed by atoms with E-state index in [2.05, 4.69) is 31.5 Å². The fourth-order valence-electron chi connectivity index (χ4n) is 2.17. The summed E-state index contributed by atoms with van der Waals surface area (Å²) in [5, 5.41) is 5.84. The number of rotatable bonds is 6. The summed E-state index contributed by atoms with van der Waals surface area (Å²) in [7, 11) is 0. The molecule has 0 aliphatic carbocycles. The Kier molecular flexibility index (Phi) is 7.29. The van der Waals surface area contributed by atoms with E-state index in [4.69, 9.17) is 16.3 Å². The Bertz CT molecular complexity index is 565. The second-order valence-electron chi connectivity index (χ2n) is 5.11. The Balaban J connectivity index is 1.69. The second-order valence-corrected chi connectivity index (χ2v) is 6.40. The van der Waals surface area contributed by atoms with E-state index in [0.29, 0.717) is 21.6 Å². The minimum atomic E-state index is -0.345. The lowest BCUT2D eigenvalue weighted by molar-refractivity contribution is -0.120. The van der Waals surface area contributed by atoms with Gasteiger partial charge < -0.3 is 15.4 Å². The first kappa shape index (κ1) is 18.2. The number of benzene rings is 1. The maximum Gasteiger partial charge on any atom is 0.252 e. The Morgan fingerprint density at radius 1 is 1.26 bits per heavy atom. The van der Waals surface area contributed by atoms with Crippen LogP contribution < -0.4 is 10.6 Å². The number of hydrogen-bond acceptors (Lipinski definition) is 4. The fourth-order valence-corrected chi connectivity index (χ4v) is 2.77. The van der Waals surface area contributed by atoms with E-state index in [0.717, 1.165) is 32.8 Å². The van der Waals surface area contributed by atoms with Crippen molar-refractivity contribution in [2.24, 2.45) is 0 Å². The van der Waals surface area contributed by atoms with Crippen molar-refractivity contribution < 1.29 is 14.3 Å². The third kappa shape index (κ3) is 6.10. The number of amides is 2. The summed E-state index contributed by atoms with van der Waals surface area (Å²) in [6, 6.07) is 4.93. The maximum absolute atomic E-state index is 12.0. The molecule has 2 rings (SSSR count). The molecule has 1 heterocycles. The topological polar surface area (TPSA) is 70.7 Å². The molecule has 1 aliphatic rings. The number of halogens is 2. The van der Waals surface area contributed by atoms with Crippen molar-refractivity contribution in [3.05, 3.63) is 33.3 Å². The number of nitrogens with one attached hydrogen (secondary N) is 2. The van der Waals surface area contributed by atoms with Gasteiger partial charge in [-0.15, -0.1) is 0 Å². The molecule has 6 nitrogen and oxygen atoms in total. The van der Waals surface area contributed by atoms with Crippen molar-refractivity contribution >= 4 is 39.3 Å². The lowest BCUT2D eigenvalue weighted by atomic mass is 10.2. The van der Waals surface area contributed by atoms with Crippen LogP contribution in [0.4, 0.5) is 0 Å². The molecule has 0 saturated carbocycles. The van der Waals surface area contributed by atoms with Crippen molar-refractivity contribution in [1.29, 1.82) is 0 Å². The molecule has 1 aliphatic heterocycles. The van der Waals surface area contributed by atoms with E-state index < -0.39 is 0 Å². The van der Waals surface area contributed by atoms with Crippen molar-refractivity contribution in [2.45, 2.75) is 0 Å². The van der Waals surface area contributed by atoms with Gasteiger partial charge in [0.15, 0.2) is 0 Å². The summed E-state index contributed by atoms with van der Waals surface area (Å²) in [6.45, 7) is 4.50. The van der Waals surface area contributed by atoms with E-state index in [9.17, 15) is 9.59 Å². The number of hydrogen-bond donors (Lipinski definition) is 2. The molecular formula is C15H19BrClN3O3. The second kappa shape index (κ2) is 9.22. The van der Waals surface area contributed by atoms with Crippen LogP contribution in [0.5, 0.6) is 0 Å². The average molecular weight is 405 g/mol. The van der Waals surface area contributed by atoms with Gasteiger partial charge in [-0.3, -0.25) is 14.5 Å². The SMILES string of the molecule is O=C(CNC(=O)c1cc(Cl)ccc1Br)NCCN1CCOCC1. The Hall–Kier alpha value is -1.15. The van der Waals surface area contributed by atoms with Crippen LogP contribution in [0, 0.1) is 0 Å². The molecule has 126 valence electrons. The first-order valence-corrected chi connectivity index (χ1v) is 8.53. The van der Waals surface area contributed by atoms with Crippen LogP contribution >= 0.6 is 27.5 Å². The first-order chi connectivity index (χ1) is 11.1. The summed E-state index contributed by atoms with van der Waals surface area (Å²) in [4.78, 5) is 26.0. The predicted octanol–water partition coefficient (Wildman–Crippen LogP) is 1.28. The van der Waals surface area contributed by atoms with Crippen LogP contribution in [0.3, 0.4) is 0 Å². The molecule has 0 spiro atoms. The Labute approximate surface area is 148 Å². The van der Waals surface area contributed by atoms with Gasteiger partial charge >= 0.3 is 0 Å². The van der Waals surface area contributed by atoms with Gasteiger partial charge in [0.05, 0.1) is 25.3 Å². The summed E-state index contributed by atoms with van der Waals surface area (Å²) in [6.07, 6.45) is 0. The maximum atomic E-state index is 12.0. The smallest absolute Gasteiger partial charge is 0.252 e. The van der Waals surface area contributed by atoms with Crippen LogP contribution in [0.25, 0.3) is 0 Å². The third-order valence-electron chi connectivity index (χ3n) is 3.44. The highest BCUT2D eigenvalue weighted by Gasteiger charge is 2.13. The molecule has 0 radical (unpaired) electrons. The molecule has 2 N–H and O–H groups in total. The van der Waals surface area contributed by atoms with Gasteiger partial charge in [-0.25, -0.2) is 0 Å². The third-order valence-corrected chi connectivity index (χ3v) is 4.36. The van der Waals surface area contributed by atoms with Crippen LogP contribution in [0.2, 0.25) is 5.02 Å². The van der Waals surface area contributed by atoms with Gasteiger partial charge in [-0.05, 0) is 34.1 Å². The van der Waals surface area contributed by atoms with E-state index >= 15 is 0 Å². The highest BCUT2D eigenvalue weighted by molar-refractivity contribution is 9.10. The molecule has 8 heteroatoms. The molecule has 1 aromatic rings. The van der Waals surface area contributed by atoms with E-state index in [1.807, 2.05) is 0 Å². The van der Waals surface area contributed by atoms with Gasteiger partial charge in [0.25, 0.3) is 5.91 Å². The van der Waals surface area contributed by atoms with Gasteiger partial charge in [0, 0.05) is 35.7 Å². The van der Waals surface area contributed by atoms with Gasteiger partial charge in [0.2, 0.25) is 5.91 Å². The highest BCUT2D eigenvalue weighted by Crippen LogP contribution is 2.20. The first-order valence-electron chi connectivity index (χ1n) is 7.36. The molecular weight excluding hydrogens is 386 g/mol. The Morgan fingerprint density at radius 2 is 2.00 bits per heavy atom. The quantitative estimate of drug-likeness (QED) is 0.749. The molecule has 0 unspecified atom stereocenters. The minimum absolute atomic E-state index is 0.0686. The lowest BCUT2D eigenvalue weighted by Crippen LogP contribution is -2.43. The van der Waals surface area contributed by atoms with Crippen LogP contribution in [0.1, 0.15) is 10.4 Å². The number of morpholine rings is 1. The summed E-state index contributed by atoms with van der Waals surface area (Å²) in [5.74, 6) is -0.563. The number of nitrogens with zero attached hydrogens (tertiary/aromatic N) is 1. The summed E-state index contributed by atoms with van der Waals surface area (Å²) < 4.78 is 5.89. The van der Waals surface area contributed by atoms with Crippen molar-refractivity contribution in [1.82, 2.24) is 15.5 Å². The normalized spacial score (nSPS) is 15.2. The average Bonchev–Trinajstić information content (AvgIpc) is 2.56.